The van der Waals surface area contributed by atoms with Crippen LogP contribution in [-0.4, -0.2) is 39.8 Å². The summed E-state index contributed by atoms with van der Waals surface area (Å²) in [5, 5.41) is 2.99. The fourth-order valence-corrected chi connectivity index (χ4v) is 4.11. The Morgan fingerprint density at radius 1 is 1.12 bits per heavy atom. The third-order valence-electron chi connectivity index (χ3n) is 4.14. The van der Waals surface area contributed by atoms with Crippen LogP contribution in [0.3, 0.4) is 0 Å². The van der Waals surface area contributed by atoms with Crippen LogP contribution in [0.1, 0.15) is 34.6 Å². The van der Waals surface area contributed by atoms with E-state index in [1.54, 1.807) is 31.2 Å². The molecule has 0 aliphatic heterocycles. The van der Waals surface area contributed by atoms with Crippen LogP contribution in [0.4, 0.5) is 5.69 Å². The molecule has 6 nitrogen and oxygen atoms in total. The summed E-state index contributed by atoms with van der Waals surface area (Å²) in [6.07, 6.45) is 1.10. The normalized spacial score (nSPS) is 13.2. The quantitative estimate of drug-likeness (QED) is 0.763. The fraction of sp³-hybridized carbons (Fsp3) is 0.611. The molecule has 1 rings (SSSR count). The molecule has 0 saturated carbocycles. The minimum absolute atomic E-state index is 0.0262. The lowest BCUT2D eigenvalue weighted by Gasteiger charge is -2.32. The highest BCUT2D eigenvalue weighted by atomic mass is 32.2. The van der Waals surface area contributed by atoms with Crippen molar-refractivity contribution in [1.29, 1.82) is 0 Å². The third kappa shape index (κ3) is 5.63. The maximum absolute atomic E-state index is 12.7. The van der Waals surface area contributed by atoms with Crippen LogP contribution in [0.25, 0.3) is 0 Å². The van der Waals surface area contributed by atoms with Crippen molar-refractivity contribution in [3.8, 4) is 5.75 Å². The Morgan fingerprint density at radius 2 is 1.68 bits per heavy atom. The minimum atomic E-state index is -3.65. The van der Waals surface area contributed by atoms with Crippen molar-refractivity contribution in [3.63, 3.8) is 0 Å². The number of methoxy groups -OCH3 is 1. The first-order valence-electron chi connectivity index (χ1n) is 8.42. The van der Waals surface area contributed by atoms with Gasteiger partial charge in [0.05, 0.1) is 19.1 Å². The number of benzene rings is 1. The van der Waals surface area contributed by atoms with Gasteiger partial charge in [0.25, 0.3) is 0 Å². The van der Waals surface area contributed by atoms with Gasteiger partial charge in [0.15, 0.2) is 0 Å². The van der Waals surface area contributed by atoms with Crippen LogP contribution < -0.4 is 14.4 Å². The molecule has 0 fully saturated rings. The molecule has 0 saturated heterocycles. The highest BCUT2D eigenvalue weighted by Crippen LogP contribution is 2.25. The standard InChI is InChI=1S/C18H30N2O4S/c1-12(2)17(13(3)4)19-18(21)14(5)20(25(7,22)23)15-9-8-10-16(11-15)24-6/h8-14,17H,1-7H3,(H,19,21)/t14-/m1/s1. The Bertz CT molecular complexity index is 678. The van der Waals surface area contributed by atoms with Crippen LogP contribution in [0, 0.1) is 11.8 Å². The van der Waals surface area contributed by atoms with Gasteiger partial charge in [-0.2, -0.15) is 0 Å². The SMILES string of the molecule is COc1cccc(N([C@H](C)C(=O)NC(C(C)C)C(C)C)S(C)(=O)=O)c1. The van der Waals surface area contributed by atoms with Crippen molar-refractivity contribution in [2.24, 2.45) is 11.8 Å². The van der Waals surface area contributed by atoms with Crippen molar-refractivity contribution in [2.45, 2.75) is 46.7 Å². The Morgan fingerprint density at radius 3 is 2.12 bits per heavy atom. The van der Waals surface area contributed by atoms with Crippen molar-refractivity contribution in [1.82, 2.24) is 5.32 Å². The zero-order chi connectivity index (χ0) is 19.4. The minimum Gasteiger partial charge on any atom is -0.497 e. The molecule has 0 spiro atoms. The molecule has 1 N–H and O–H groups in total. The number of amides is 1. The van der Waals surface area contributed by atoms with E-state index >= 15 is 0 Å². The van der Waals surface area contributed by atoms with Gasteiger partial charge >= 0.3 is 0 Å². The molecule has 0 unspecified atom stereocenters. The van der Waals surface area contributed by atoms with Crippen LogP contribution in [0.15, 0.2) is 24.3 Å². The summed E-state index contributed by atoms with van der Waals surface area (Å²) in [6.45, 7) is 9.73. The molecule has 0 aromatic heterocycles. The lowest BCUT2D eigenvalue weighted by molar-refractivity contribution is -0.123. The van der Waals surface area contributed by atoms with Gasteiger partial charge in [-0.25, -0.2) is 8.42 Å². The predicted molar refractivity (Wildman–Crippen MR) is 101 cm³/mol. The van der Waals surface area contributed by atoms with E-state index in [1.807, 2.05) is 27.7 Å². The van der Waals surface area contributed by atoms with E-state index in [1.165, 1.54) is 7.11 Å². The van der Waals surface area contributed by atoms with E-state index in [0.29, 0.717) is 11.4 Å². The molecular formula is C18H30N2O4S. The maximum atomic E-state index is 12.7. The van der Waals surface area contributed by atoms with E-state index in [9.17, 15) is 13.2 Å². The van der Waals surface area contributed by atoms with Crippen molar-refractivity contribution in [3.05, 3.63) is 24.3 Å². The molecule has 142 valence electrons. The number of sulfonamides is 1. The number of hydrogen-bond acceptors (Lipinski definition) is 4. The molecule has 1 aromatic rings. The number of nitrogens with zero attached hydrogens (tertiary/aromatic N) is 1. The molecule has 0 aliphatic carbocycles. The molecule has 25 heavy (non-hydrogen) atoms. The molecule has 7 heteroatoms. The second-order valence-electron chi connectivity index (χ2n) is 6.96. The summed E-state index contributed by atoms with van der Waals surface area (Å²) in [4.78, 5) is 12.7. The zero-order valence-corrected chi connectivity index (χ0v) is 16.9. The number of ether oxygens (including phenoxy) is 1. The topological polar surface area (TPSA) is 75.7 Å². The number of nitrogens with one attached hydrogen (secondary N) is 1. The van der Waals surface area contributed by atoms with Crippen LogP contribution in [0.2, 0.25) is 0 Å². The summed E-state index contributed by atoms with van der Waals surface area (Å²) in [6, 6.07) is 5.77. The fourth-order valence-electron chi connectivity index (χ4n) is 2.94. The predicted octanol–water partition coefficient (Wildman–Crippen LogP) is 2.65. The summed E-state index contributed by atoms with van der Waals surface area (Å²) in [5.74, 6) is 0.709. The number of hydrogen-bond donors (Lipinski definition) is 1. The van der Waals surface area contributed by atoms with Gasteiger partial charge in [-0.05, 0) is 30.9 Å². The first-order chi connectivity index (χ1) is 11.5. The number of rotatable bonds is 8. The van der Waals surface area contributed by atoms with Crippen molar-refractivity contribution < 1.29 is 17.9 Å². The molecule has 0 radical (unpaired) electrons. The summed E-state index contributed by atoms with van der Waals surface area (Å²) in [7, 11) is -2.14. The van der Waals surface area contributed by atoms with Gasteiger partial charge in [-0.3, -0.25) is 9.10 Å². The van der Waals surface area contributed by atoms with E-state index in [-0.39, 0.29) is 23.8 Å². The Kier molecular flexibility index (Phi) is 7.29. The number of anilines is 1. The van der Waals surface area contributed by atoms with Crippen molar-refractivity contribution >= 4 is 21.6 Å². The van der Waals surface area contributed by atoms with Crippen LogP contribution in [0.5, 0.6) is 5.75 Å². The highest BCUT2D eigenvalue weighted by Gasteiger charge is 2.31. The molecule has 1 atom stereocenters. The molecule has 1 aromatic carbocycles. The summed E-state index contributed by atoms with van der Waals surface area (Å²) < 4.78 is 31.0. The van der Waals surface area contributed by atoms with Crippen LogP contribution >= 0.6 is 0 Å². The van der Waals surface area contributed by atoms with E-state index < -0.39 is 16.1 Å². The maximum Gasteiger partial charge on any atom is 0.243 e. The van der Waals surface area contributed by atoms with Gasteiger partial charge < -0.3 is 10.1 Å². The van der Waals surface area contributed by atoms with Gasteiger partial charge in [0.2, 0.25) is 15.9 Å². The average Bonchev–Trinajstić information content (AvgIpc) is 2.50. The average molecular weight is 371 g/mol. The zero-order valence-electron chi connectivity index (χ0n) is 16.1. The molecule has 1 amide bonds. The monoisotopic (exact) mass is 370 g/mol. The second kappa shape index (κ2) is 8.56. The van der Waals surface area contributed by atoms with Crippen LogP contribution in [-0.2, 0) is 14.8 Å². The Labute approximate surface area is 151 Å². The van der Waals surface area contributed by atoms with Gasteiger partial charge in [-0.15, -0.1) is 0 Å². The number of carbonyl (C=O) groups is 1. The highest BCUT2D eigenvalue weighted by molar-refractivity contribution is 7.92. The van der Waals surface area contributed by atoms with Gasteiger partial charge in [-0.1, -0.05) is 33.8 Å². The first kappa shape index (κ1) is 21.3. The largest absolute Gasteiger partial charge is 0.497 e. The molecule has 0 heterocycles. The molecule has 0 aliphatic rings. The lowest BCUT2D eigenvalue weighted by atomic mass is 9.93. The number of carbonyl (C=O) groups excluding carboxylic acids is 1. The van der Waals surface area contributed by atoms with E-state index in [0.717, 1.165) is 10.6 Å². The van der Waals surface area contributed by atoms with Crippen molar-refractivity contribution in [2.75, 3.05) is 17.7 Å². The molecular weight excluding hydrogens is 340 g/mol. The summed E-state index contributed by atoms with van der Waals surface area (Å²) in [5.41, 5.74) is 0.398. The summed E-state index contributed by atoms with van der Waals surface area (Å²) >= 11 is 0. The third-order valence-corrected chi connectivity index (χ3v) is 5.38. The van der Waals surface area contributed by atoms with E-state index in [4.69, 9.17) is 4.74 Å². The first-order valence-corrected chi connectivity index (χ1v) is 10.3. The molecule has 0 bridgehead atoms. The smallest absolute Gasteiger partial charge is 0.243 e. The van der Waals surface area contributed by atoms with Gasteiger partial charge in [0.1, 0.15) is 11.8 Å². The second-order valence-corrected chi connectivity index (χ2v) is 8.82. The van der Waals surface area contributed by atoms with Gasteiger partial charge in [0, 0.05) is 12.1 Å². The van der Waals surface area contributed by atoms with E-state index in [2.05, 4.69) is 5.32 Å². The Hall–Kier alpha value is -1.76. The lowest BCUT2D eigenvalue weighted by Crippen LogP contribution is -2.52. The Balaban J connectivity index is 3.17.